The summed E-state index contributed by atoms with van der Waals surface area (Å²) in [5.41, 5.74) is -0.0811. The number of benzene rings is 1. The Hall–Kier alpha value is -0.100. The Morgan fingerprint density at radius 3 is 2.30 bits per heavy atom. The molecule has 0 heterocycles. The molecule has 0 aliphatic heterocycles. The van der Waals surface area contributed by atoms with Gasteiger partial charge in [0.15, 0.2) is 0 Å². The van der Waals surface area contributed by atoms with Gasteiger partial charge in [0.05, 0.1) is 4.90 Å². The van der Waals surface area contributed by atoms with Gasteiger partial charge in [-0.1, -0.05) is 35.2 Å². The van der Waals surface area contributed by atoms with E-state index >= 15 is 0 Å². The predicted molar refractivity (Wildman–Crippen MR) is 85.6 cm³/mol. The van der Waals surface area contributed by atoms with Crippen molar-refractivity contribution in [3.05, 3.63) is 28.7 Å². The first kappa shape index (κ1) is 16.3. The number of sulfonamides is 1. The average molecular weight is 381 g/mol. The highest BCUT2D eigenvalue weighted by Crippen LogP contribution is 2.37. The molecule has 0 bridgehead atoms. The molecular formula is C14H19BrClNO2S. The number of alkyl halides is 1. The van der Waals surface area contributed by atoms with Crippen LogP contribution in [0.4, 0.5) is 0 Å². The first-order chi connectivity index (χ1) is 9.47. The maximum atomic E-state index is 12.3. The lowest BCUT2D eigenvalue weighted by Gasteiger charge is -2.35. The number of halogens is 2. The van der Waals surface area contributed by atoms with Gasteiger partial charge >= 0.3 is 0 Å². The van der Waals surface area contributed by atoms with Crippen LogP contribution in [0.3, 0.4) is 0 Å². The second-order valence-electron chi connectivity index (χ2n) is 5.47. The molecule has 3 nitrogen and oxygen atoms in total. The highest BCUT2D eigenvalue weighted by atomic mass is 79.9. The molecule has 2 rings (SSSR count). The van der Waals surface area contributed by atoms with Gasteiger partial charge in [-0.2, -0.15) is 0 Å². The smallest absolute Gasteiger partial charge is 0.211 e. The third-order valence-corrected chi connectivity index (χ3v) is 6.47. The summed E-state index contributed by atoms with van der Waals surface area (Å²) in [4.78, 5) is 0.293. The zero-order valence-electron chi connectivity index (χ0n) is 11.2. The van der Waals surface area contributed by atoms with Crippen molar-refractivity contribution >= 4 is 37.6 Å². The fourth-order valence-corrected chi connectivity index (χ4v) is 4.39. The van der Waals surface area contributed by atoms with E-state index in [0.29, 0.717) is 17.3 Å². The predicted octanol–water partition coefficient (Wildman–Crippen LogP) is 3.92. The van der Waals surface area contributed by atoms with E-state index < -0.39 is 10.0 Å². The summed E-state index contributed by atoms with van der Waals surface area (Å²) >= 11 is 9.39. The Labute approximate surface area is 134 Å². The molecule has 6 heteroatoms. The van der Waals surface area contributed by atoms with Gasteiger partial charge in [0.25, 0.3) is 0 Å². The van der Waals surface area contributed by atoms with Crippen LogP contribution in [0.2, 0.25) is 0 Å². The van der Waals surface area contributed by atoms with Gasteiger partial charge in [-0.3, -0.25) is 0 Å². The van der Waals surface area contributed by atoms with E-state index in [4.69, 9.17) is 11.6 Å². The maximum absolute atomic E-state index is 12.3. The normalized spacial score (nSPS) is 18.9. The van der Waals surface area contributed by atoms with Crippen molar-refractivity contribution in [2.45, 2.75) is 37.0 Å². The van der Waals surface area contributed by atoms with E-state index in [1.54, 1.807) is 24.3 Å². The lowest BCUT2D eigenvalue weighted by Crippen LogP contribution is -2.40. The summed E-state index contributed by atoms with van der Waals surface area (Å²) in [6.45, 7) is 0.425. The largest absolute Gasteiger partial charge is 0.240 e. The number of hydrogen-bond acceptors (Lipinski definition) is 2. The highest BCUT2D eigenvalue weighted by molar-refractivity contribution is 9.10. The Balaban J connectivity index is 2.06. The van der Waals surface area contributed by atoms with E-state index in [2.05, 4.69) is 20.7 Å². The van der Waals surface area contributed by atoms with Crippen molar-refractivity contribution in [3.8, 4) is 0 Å². The molecule has 0 unspecified atom stereocenters. The second-order valence-corrected chi connectivity index (χ2v) is 8.42. The monoisotopic (exact) mass is 379 g/mol. The van der Waals surface area contributed by atoms with Crippen LogP contribution in [0.1, 0.15) is 32.1 Å². The van der Waals surface area contributed by atoms with Crippen molar-refractivity contribution < 1.29 is 8.42 Å². The standard InChI is InChI=1S/C14H19BrClNO2S/c15-12-4-6-13(7-5-12)20(18,19)17-11-14(10-16)8-2-1-3-9-14/h4-7,17H,1-3,8-11H2. The van der Waals surface area contributed by atoms with Crippen LogP contribution < -0.4 is 4.72 Å². The van der Waals surface area contributed by atoms with E-state index in [9.17, 15) is 8.42 Å². The molecular weight excluding hydrogens is 362 g/mol. The first-order valence-electron chi connectivity index (χ1n) is 6.79. The third kappa shape index (κ3) is 3.97. The number of nitrogens with one attached hydrogen (secondary N) is 1. The Morgan fingerprint density at radius 2 is 1.75 bits per heavy atom. The molecule has 1 N–H and O–H groups in total. The van der Waals surface area contributed by atoms with Crippen LogP contribution in [0.25, 0.3) is 0 Å². The average Bonchev–Trinajstić information content (AvgIpc) is 2.47. The van der Waals surface area contributed by atoms with Gasteiger partial charge < -0.3 is 0 Å². The molecule has 0 atom stereocenters. The molecule has 0 aromatic heterocycles. The van der Waals surface area contributed by atoms with Crippen molar-refractivity contribution in [2.24, 2.45) is 5.41 Å². The maximum Gasteiger partial charge on any atom is 0.240 e. The van der Waals surface area contributed by atoms with Gasteiger partial charge in [-0.05, 0) is 42.5 Å². The SMILES string of the molecule is O=S(=O)(NCC1(CCl)CCCCC1)c1ccc(Br)cc1. The molecule has 1 saturated carbocycles. The zero-order chi connectivity index (χ0) is 14.6. The Bertz CT molecular complexity index is 539. The minimum Gasteiger partial charge on any atom is -0.211 e. The molecule has 1 aliphatic carbocycles. The summed E-state index contributed by atoms with van der Waals surface area (Å²) in [7, 11) is -3.45. The highest BCUT2D eigenvalue weighted by Gasteiger charge is 2.32. The summed E-state index contributed by atoms with van der Waals surface area (Å²) in [6.07, 6.45) is 5.48. The lowest BCUT2D eigenvalue weighted by atomic mass is 9.76. The van der Waals surface area contributed by atoms with Crippen molar-refractivity contribution in [3.63, 3.8) is 0 Å². The molecule has 1 aliphatic rings. The molecule has 1 aromatic carbocycles. The van der Waals surface area contributed by atoms with Crippen molar-refractivity contribution in [2.75, 3.05) is 12.4 Å². The zero-order valence-corrected chi connectivity index (χ0v) is 14.4. The van der Waals surface area contributed by atoms with Crippen LogP contribution in [-0.4, -0.2) is 20.8 Å². The molecule has 1 fully saturated rings. The van der Waals surface area contributed by atoms with Crippen LogP contribution in [0.5, 0.6) is 0 Å². The van der Waals surface area contributed by atoms with Gasteiger partial charge in [0, 0.05) is 16.9 Å². The minimum atomic E-state index is -3.45. The van der Waals surface area contributed by atoms with E-state index in [1.165, 1.54) is 6.42 Å². The second kappa shape index (κ2) is 6.77. The van der Waals surface area contributed by atoms with E-state index in [1.807, 2.05) is 0 Å². The number of hydrogen-bond donors (Lipinski definition) is 1. The summed E-state index contributed by atoms with van der Waals surface area (Å²) in [5.74, 6) is 0.510. The van der Waals surface area contributed by atoms with Crippen LogP contribution in [0, 0.1) is 5.41 Å². The van der Waals surface area contributed by atoms with Crippen LogP contribution in [-0.2, 0) is 10.0 Å². The first-order valence-corrected chi connectivity index (χ1v) is 9.60. The molecule has 112 valence electrons. The fraction of sp³-hybridized carbons (Fsp3) is 0.571. The van der Waals surface area contributed by atoms with Crippen LogP contribution in [0.15, 0.2) is 33.6 Å². The molecule has 0 radical (unpaired) electrons. The molecule has 0 amide bonds. The Morgan fingerprint density at radius 1 is 1.15 bits per heavy atom. The fourth-order valence-electron chi connectivity index (χ4n) is 2.60. The number of rotatable bonds is 5. The molecule has 0 saturated heterocycles. The summed E-state index contributed by atoms with van der Waals surface area (Å²) < 4.78 is 28.1. The van der Waals surface area contributed by atoms with Crippen molar-refractivity contribution in [1.29, 1.82) is 0 Å². The quantitative estimate of drug-likeness (QED) is 0.787. The van der Waals surface area contributed by atoms with Crippen LogP contribution >= 0.6 is 27.5 Å². The van der Waals surface area contributed by atoms with Gasteiger partial charge in [-0.15, -0.1) is 11.6 Å². The summed E-state index contributed by atoms with van der Waals surface area (Å²) in [6, 6.07) is 6.65. The minimum absolute atomic E-state index is 0.0811. The van der Waals surface area contributed by atoms with Crippen molar-refractivity contribution in [1.82, 2.24) is 4.72 Å². The topological polar surface area (TPSA) is 46.2 Å². The summed E-state index contributed by atoms with van der Waals surface area (Å²) in [5, 5.41) is 0. The van der Waals surface area contributed by atoms with Gasteiger partial charge in [0.2, 0.25) is 10.0 Å². The van der Waals surface area contributed by atoms with E-state index in [0.717, 1.165) is 30.2 Å². The lowest BCUT2D eigenvalue weighted by molar-refractivity contribution is 0.223. The molecule has 20 heavy (non-hydrogen) atoms. The molecule has 0 spiro atoms. The van der Waals surface area contributed by atoms with E-state index in [-0.39, 0.29) is 5.41 Å². The third-order valence-electron chi connectivity index (χ3n) is 3.96. The van der Waals surface area contributed by atoms with Gasteiger partial charge in [-0.25, -0.2) is 13.1 Å². The Kier molecular flexibility index (Phi) is 5.51. The molecule has 1 aromatic rings. The van der Waals surface area contributed by atoms with Gasteiger partial charge in [0.1, 0.15) is 0 Å².